The average molecular weight is 788 g/mol. The molecule has 0 spiro atoms. The van der Waals surface area contributed by atoms with Crippen LogP contribution in [0.4, 0.5) is 17.1 Å². The monoisotopic (exact) mass is 787 g/mol. The van der Waals surface area contributed by atoms with Gasteiger partial charge in [-0.2, -0.15) is 0 Å². The van der Waals surface area contributed by atoms with Gasteiger partial charge in [0.05, 0.1) is 11.1 Å². The number of anilines is 3. The lowest BCUT2D eigenvalue weighted by molar-refractivity contribution is 0.776. The van der Waals surface area contributed by atoms with E-state index in [2.05, 4.69) is 254 Å². The summed E-state index contributed by atoms with van der Waals surface area (Å²) in [6, 6.07) is 91.7. The molecule has 0 fully saturated rings. The van der Waals surface area contributed by atoms with Crippen LogP contribution >= 0.6 is 0 Å². The highest BCUT2D eigenvalue weighted by Crippen LogP contribution is 2.60. The molecule has 290 valence electrons. The molecule has 11 aromatic carbocycles. The molecule has 1 aliphatic rings. The molecule has 0 bridgehead atoms. The first kappa shape index (κ1) is 35.9. The highest BCUT2D eigenvalue weighted by molar-refractivity contribution is 6.02. The summed E-state index contributed by atoms with van der Waals surface area (Å²) in [4.78, 5) is 2.47. The van der Waals surface area contributed by atoms with Gasteiger partial charge in [0.15, 0.2) is 0 Å². The van der Waals surface area contributed by atoms with Crippen LogP contribution in [-0.4, -0.2) is 0 Å². The molecule has 0 amide bonds. The Balaban J connectivity index is 1.10. The first-order valence-electron chi connectivity index (χ1n) is 21.5. The van der Waals surface area contributed by atoms with Crippen LogP contribution in [0.15, 0.2) is 249 Å². The second-order valence-corrected chi connectivity index (χ2v) is 16.4. The smallest absolute Gasteiger partial charge is 0.0720 e. The minimum absolute atomic E-state index is 0.563. The van der Waals surface area contributed by atoms with Gasteiger partial charge in [-0.05, 0) is 113 Å². The van der Waals surface area contributed by atoms with E-state index in [1.165, 1.54) is 88.0 Å². The van der Waals surface area contributed by atoms with Crippen LogP contribution in [0.25, 0.3) is 65.7 Å². The summed E-state index contributed by atoms with van der Waals surface area (Å²) in [6.45, 7) is 0. The van der Waals surface area contributed by atoms with Crippen molar-refractivity contribution in [1.82, 2.24) is 0 Å². The van der Waals surface area contributed by atoms with Gasteiger partial charge in [-0.1, -0.05) is 218 Å². The topological polar surface area (TPSA) is 3.24 Å². The van der Waals surface area contributed by atoms with Crippen molar-refractivity contribution in [2.45, 2.75) is 5.41 Å². The normalized spacial score (nSPS) is 14.2. The summed E-state index contributed by atoms with van der Waals surface area (Å²) in [5, 5.41) is 7.50. The number of benzene rings is 11. The molecule has 1 aliphatic carbocycles. The maximum atomic E-state index is 2.47. The second-order valence-electron chi connectivity index (χ2n) is 16.4. The van der Waals surface area contributed by atoms with E-state index in [1.54, 1.807) is 0 Å². The van der Waals surface area contributed by atoms with E-state index in [1.807, 2.05) is 0 Å². The number of fused-ring (bicyclic) bond motifs is 6. The summed E-state index contributed by atoms with van der Waals surface area (Å²) in [5.74, 6) is 0. The predicted octanol–water partition coefficient (Wildman–Crippen LogP) is 16.3. The molecule has 62 heavy (non-hydrogen) atoms. The lowest BCUT2D eigenvalue weighted by Crippen LogP contribution is -2.29. The minimum Gasteiger partial charge on any atom is -0.310 e. The number of rotatable bonds is 7. The Morgan fingerprint density at radius 1 is 0.274 bits per heavy atom. The third kappa shape index (κ3) is 5.56. The van der Waals surface area contributed by atoms with Gasteiger partial charge in [-0.3, -0.25) is 0 Å². The first-order chi connectivity index (χ1) is 30.8. The Kier molecular flexibility index (Phi) is 8.47. The van der Waals surface area contributed by atoms with E-state index >= 15 is 0 Å². The molecule has 1 atom stereocenters. The number of nitrogens with zero attached hydrogens (tertiary/aromatic N) is 1. The zero-order chi connectivity index (χ0) is 41.0. The Morgan fingerprint density at radius 2 is 0.694 bits per heavy atom. The summed E-state index contributed by atoms with van der Waals surface area (Å²) in [5.41, 5.74) is 15.2. The molecule has 0 saturated heterocycles. The van der Waals surface area contributed by atoms with Crippen molar-refractivity contribution >= 4 is 49.4 Å². The third-order valence-electron chi connectivity index (χ3n) is 13.1. The van der Waals surface area contributed by atoms with Gasteiger partial charge in [0, 0.05) is 16.9 Å². The Morgan fingerprint density at radius 3 is 1.31 bits per heavy atom. The molecule has 1 heteroatoms. The molecule has 1 nitrogen and oxygen atoms in total. The molecule has 11 aromatic rings. The largest absolute Gasteiger partial charge is 0.310 e. The van der Waals surface area contributed by atoms with Crippen molar-refractivity contribution in [3.8, 4) is 33.4 Å². The Bertz CT molecular complexity index is 3320. The van der Waals surface area contributed by atoms with Crippen LogP contribution in [0.1, 0.15) is 22.3 Å². The van der Waals surface area contributed by atoms with Crippen LogP contribution < -0.4 is 4.90 Å². The Labute approximate surface area is 362 Å². The van der Waals surface area contributed by atoms with Crippen molar-refractivity contribution < 1.29 is 0 Å². The van der Waals surface area contributed by atoms with Crippen LogP contribution in [0.3, 0.4) is 0 Å². The molecule has 0 heterocycles. The lowest BCUT2D eigenvalue weighted by Gasteiger charge is -2.35. The van der Waals surface area contributed by atoms with Gasteiger partial charge in [-0.15, -0.1) is 0 Å². The number of hydrogen-bond donors (Lipinski definition) is 0. The molecular formula is C61H41N. The molecule has 0 N–H and O–H groups in total. The van der Waals surface area contributed by atoms with Crippen molar-refractivity contribution in [2.24, 2.45) is 0 Å². The maximum Gasteiger partial charge on any atom is 0.0720 e. The fourth-order valence-electron chi connectivity index (χ4n) is 10.5. The van der Waals surface area contributed by atoms with Gasteiger partial charge >= 0.3 is 0 Å². The van der Waals surface area contributed by atoms with E-state index in [9.17, 15) is 0 Å². The Hall–Kier alpha value is -8.00. The van der Waals surface area contributed by atoms with Gasteiger partial charge in [-0.25, -0.2) is 0 Å². The molecule has 0 saturated carbocycles. The van der Waals surface area contributed by atoms with Crippen molar-refractivity contribution in [3.63, 3.8) is 0 Å². The van der Waals surface area contributed by atoms with Crippen LogP contribution in [0.5, 0.6) is 0 Å². The predicted molar refractivity (Wildman–Crippen MR) is 262 cm³/mol. The highest BCUT2D eigenvalue weighted by Gasteiger charge is 2.48. The standard InChI is InChI=1S/C61H41N/c1-2-22-47(23-3-1)61(56-31-14-21-44-18-6-9-26-54(44)56)57-30-11-10-27-55(57)60-58(61)32-15-33-59(60)62(48-38-34-45(35-39-48)52-28-12-19-42-16-4-7-24-50(42)52)49-40-36-46(37-41-49)53-29-13-20-43-17-5-8-25-51(43)53/h1-41H. The summed E-state index contributed by atoms with van der Waals surface area (Å²) in [6.07, 6.45) is 0. The van der Waals surface area contributed by atoms with Gasteiger partial charge in [0.2, 0.25) is 0 Å². The van der Waals surface area contributed by atoms with Crippen molar-refractivity contribution in [1.29, 1.82) is 0 Å². The summed E-state index contributed by atoms with van der Waals surface area (Å²) in [7, 11) is 0. The quantitative estimate of drug-likeness (QED) is 0.155. The molecule has 12 rings (SSSR count). The minimum atomic E-state index is -0.563. The molecule has 0 aromatic heterocycles. The molecule has 0 aliphatic heterocycles. The highest BCUT2D eigenvalue weighted by atomic mass is 15.1. The number of hydrogen-bond acceptors (Lipinski definition) is 1. The SMILES string of the molecule is c1ccc(C2(c3cccc4ccccc34)c3ccccc3-c3c(N(c4ccc(-c5cccc6ccccc56)cc4)c4ccc(-c5cccc6ccccc56)cc4)cccc32)cc1. The zero-order valence-corrected chi connectivity index (χ0v) is 34.1. The van der Waals surface area contributed by atoms with E-state index < -0.39 is 5.41 Å². The molecule has 0 radical (unpaired) electrons. The summed E-state index contributed by atoms with van der Waals surface area (Å²) < 4.78 is 0. The van der Waals surface area contributed by atoms with Gasteiger partial charge in [0.25, 0.3) is 0 Å². The molecular weight excluding hydrogens is 747 g/mol. The van der Waals surface area contributed by atoms with Crippen LogP contribution in [-0.2, 0) is 5.41 Å². The molecule has 1 unspecified atom stereocenters. The summed E-state index contributed by atoms with van der Waals surface area (Å²) >= 11 is 0. The van der Waals surface area contributed by atoms with E-state index in [-0.39, 0.29) is 0 Å². The average Bonchev–Trinajstić information content (AvgIpc) is 3.66. The first-order valence-corrected chi connectivity index (χ1v) is 21.5. The van der Waals surface area contributed by atoms with Crippen molar-refractivity contribution in [2.75, 3.05) is 4.90 Å². The van der Waals surface area contributed by atoms with Gasteiger partial charge < -0.3 is 4.90 Å². The van der Waals surface area contributed by atoms with E-state index in [0.29, 0.717) is 0 Å². The van der Waals surface area contributed by atoms with Crippen molar-refractivity contribution in [3.05, 3.63) is 271 Å². The third-order valence-corrected chi connectivity index (χ3v) is 13.1. The van der Waals surface area contributed by atoms with E-state index in [0.717, 1.165) is 17.1 Å². The van der Waals surface area contributed by atoms with E-state index in [4.69, 9.17) is 0 Å². The lowest BCUT2D eigenvalue weighted by atomic mass is 9.66. The maximum absolute atomic E-state index is 2.47. The van der Waals surface area contributed by atoms with Crippen LogP contribution in [0.2, 0.25) is 0 Å². The fourth-order valence-corrected chi connectivity index (χ4v) is 10.5. The van der Waals surface area contributed by atoms with Gasteiger partial charge in [0.1, 0.15) is 0 Å². The zero-order valence-electron chi connectivity index (χ0n) is 34.1. The van der Waals surface area contributed by atoms with Crippen LogP contribution in [0, 0.1) is 0 Å². The second kappa shape index (κ2) is 14.6. The fraction of sp³-hybridized carbons (Fsp3) is 0.0164.